The average Bonchev–Trinajstić information content (AvgIpc) is 3.40. The van der Waals surface area contributed by atoms with Crippen LogP contribution in [0.5, 0.6) is 5.75 Å². The number of hydrogen-bond donors (Lipinski definition) is 1. The van der Waals surface area contributed by atoms with Crippen LogP contribution in [0, 0.1) is 12.7 Å². The molecule has 0 radical (unpaired) electrons. The first-order chi connectivity index (χ1) is 20.4. The Morgan fingerprint density at radius 1 is 1.12 bits per heavy atom. The number of carbonyl (C=O) groups excluding carboxylic acids is 2. The smallest absolute Gasteiger partial charge is 0.407 e. The standard InChI is InChI=1S/C32H34FN3O6/c1-21-25(31(37)39-2)17-23(18-27(21)33)30-26-19-24(12-13-28(26)36(35-30)29-11-6-7-15-41-29)40-16-8-14-34-32(38)42-20-22-9-4-3-5-10-22/h3-5,9-10,12-13,17-19,29H,6-8,11,14-16,20H2,1-2H3,(H,34,38). The molecule has 1 aliphatic heterocycles. The zero-order valence-corrected chi connectivity index (χ0v) is 23.7. The number of hydrogen-bond acceptors (Lipinski definition) is 7. The Morgan fingerprint density at radius 2 is 1.95 bits per heavy atom. The summed E-state index contributed by atoms with van der Waals surface area (Å²) in [6.45, 7) is 3.13. The van der Waals surface area contributed by atoms with Gasteiger partial charge in [-0.15, -0.1) is 0 Å². The van der Waals surface area contributed by atoms with Gasteiger partial charge in [-0.25, -0.2) is 18.7 Å². The maximum atomic E-state index is 15.0. The predicted octanol–water partition coefficient (Wildman–Crippen LogP) is 6.33. The summed E-state index contributed by atoms with van der Waals surface area (Å²) in [5.74, 6) is -0.541. The van der Waals surface area contributed by atoms with E-state index in [0.717, 1.165) is 35.7 Å². The molecule has 1 amide bonds. The van der Waals surface area contributed by atoms with Crippen molar-refractivity contribution in [2.75, 3.05) is 26.9 Å². The highest BCUT2D eigenvalue weighted by molar-refractivity contribution is 5.97. The molecule has 5 rings (SSSR count). The molecule has 2 heterocycles. The van der Waals surface area contributed by atoms with Gasteiger partial charge < -0.3 is 24.3 Å². The fourth-order valence-corrected chi connectivity index (χ4v) is 4.92. The van der Waals surface area contributed by atoms with Crippen molar-refractivity contribution in [2.24, 2.45) is 0 Å². The maximum Gasteiger partial charge on any atom is 0.407 e. The van der Waals surface area contributed by atoms with Gasteiger partial charge in [0.2, 0.25) is 0 Å². The van der Waals surface area contributed by atoms with E-state index in [-0.39, 0.29) is 24.0 Å². The van der Waals surface area contributed by atoms with Crippen LogP contribution in [0.4, 0.5) is 9.18 Å². The number of alkyl carbamates (subject to hydrolysis) is 1. The number of amides is 1. The SMILES string of the molecule is COC(=O)c1cc(-c2nn(C3CCCCO3)c3ccc(OCCCNC(=O)OCc4ccccc4)cc23)cc(F)c1C. The Kier molecular flexibility index (Phi) is 9.33. The first-order valence-electron chi connectivity index (χ1n) is 14.0. The monoisotopic (exact) mass is 575 g/mol. The van der Waals surface area contributed by atoms with E-state index < -0.39 is 17.9 Å². The zero-order valence-electron chi connectivity index (χ0n) is 23.7. The Morgan fingerprint density at radius 3 is 2.71 bits per heavy atom. The Bertz CT molecular complexity index is 1550. The summed E-state index contributed by atoms with van der Waals surface area (Å²) in [6, 6.07) is 18.1. The number of halogens is 1. The van der Waals surface area contributed by atoms with Gasteiger partial charge in [0.15, 0.2) is 6.23 Å². The summed E-state index contributed by atoms with van der Waals surface area (Å²) in [6.07, 6.45) is 2.65. The summed E-state index contributed by atoms with van der Waals surface area (Å²) in [5.41, 5.74) is 3.05. The minimum absolute atomic E-state index is 0.145. The molecular weight excluding hydrogens is 541 g/mol. The Labute approximate surface area is 243 Å². The van der Waals surface area contributed by atoms with Gasteiger partial charge in [-0.2, -0.15) is 5.10 Å². The highest BCUT2D eigenvalue weighted by Gasteiger charge is 2.24. The van der Waals surface area contributed by atoms with Gasteiger partial charge >= 0.3 is 12.1 Å². The second kappa shape index (κ2) is 13.5. The van der Waals surface area contributed by atoms with Crippen LogP contribution in [-0.4, -0.2) is 48.7 Å². The molecule has 1 aliphatic rings. The average molecular weight is 576 g/mol. The molecule has 42 heavy (non-hydrogen) atoms. The van der Waals surface area contributed by atoms with Crippen LogP contribution >= 0.6 is 0 Å². The van der Waals surface area contributed by atoms with Gasteiger partial charge in [0, 0.05) is 24.1 Å². The molecule has 0 spiro atoms. The van der Waals surface area contributed by atoms with Crippen LogP contribution in [0.1, 0.15) is 53.4 Å². The van der Waals surface area contributed by atoms with E-state index in [1.165, 1.54) is 13.2 Å². The fourth-order valence-electron chi connectivity index (χ4n) is 4.92. The van der Waals surface area contributed by atoms with Gasteiger partial charge in [-0.1, -0.05) is 30.3 Å². The topological polar surface area (TPSA) is 101 Å². The molecule has 1 unspecified atom stereocenters. The van der Waals surface area contributed by atoms with Crippen molar-refractivity contribution >= 4 is 23.0 Å². The first kappa shape index (κ1) is 29.1. The molecule has 1 aromatic heterocycles. The van der Waals surface area contributed by atoms with Crippen LogP contribution in [0.3, 0.4) is 0 Å². The van der Waals surface area contributed by atoms with Crippen molar-refractivity contribution in [1.82, 2.24) is 15.1 Å². The third-order valence-corrected chi connectivity index (χ3v) is 7.20. The van der Waals surface area contributed by atoms with Crippen LogP contribution in [-0.2, 0) is 20.8 Å². The minimum atomic E-state index is -0.616. The summed E-state index contributed by atoms with van der Waals surface area (Å²) >= 11 is 0. The van der Waals surface area contributed by atoms with E-state index >= 15 is 0 Å². The molecular formula is C32H34FN3O6. The predicted molar refractivity (Wildman–Crippen MR) is 155 cm³/mol. The van der Waals surface area contributed by atoms with Gasteiger partial charge in [0.05, 0.1) is 24.8 Å². The number of benzene rings is 3. The Balaban J connectivity index is 1.31. The van der Waals surface area contributed by atoms with Gasteiger partial charge in [-0.3, -0.25) is 0 Å². The Hall–Kier alpha value is -4.44. The van der Waals surface area contributed by atoms with E-state index in [0.29, 0.717) is 43.2 Å². The summed E-state index contributed by atoms with van der Waals surface area (Å²) < 4.78 is 38.9. The molecule has 3 aromatic carbocycles. The lowest BCUT2D eigenvalue weighted by Crippen LogP contribution is -2.26. The third kappa shape index (κ3) is 6.71. The summed E-state index contributed by atoms with van der Waals surface area (Å²) in [4.78, 5) is 24.3. The highest BCUT2D eigenvalue weighted by atomic mass is 19.1. The van der Waals surface area contributed by atoms with Gasteiger partial charge in [0.1, 0.15) is 23.9 Å². The van der Waals surface area contributed by atoms with Crippen LogP contribution in [0.15, 0.2) is 60.7 Å². The normalized spacial score (nSPS) is 14.9. The highest BCUT2D eigenvalue weighted by Crippen LogP contribution is 2.36. The molecule has 1 N–H and O–H groups in total. The van der Waals surface area contributed by atoms with Crippen LogP contribution in [0.2, 0.25) is 0 Å². The number of rotatable bonds is 10. The van der Waals surface area contributed by atoms with Crippen molar-refractivity contribution in [3.8, 4) is 17.0 Å². The largest absolute Gasteiger partial charge is 0.494 e. The molecule has 1 atom stereocenters. The summed E-state index contributed by atoms with van der Waals surface area (Å²) in [7, 11) is 1.27. The van der Waals surface area contributed by atoms with E-state index in [1.807, 2.05) is 53.2 Å². The van der Waals surface area contributed by atoms with E-state index in [1.54, 1.807) is 13.0 Å². The van der Waals surface area contributed by atoms with Gasteiger partial charge in [-0.05, 0) is 74.1 Å². The second-order valence-electron chi connectivity index (χ2n) is 10.1. The molecule has 220 valence electrons. The second-order valence-corrected chi connectivity index (χ2v) is 10.1. The molecule has 10 heteroatoms. The van der Waals surface area contributed by atoms with Crippen molar-refractivity contribution < 1.29 is 32.9 Å². The number of ether oxygens (including phenoxy) is 4. The number of aromatic nitrogens is 2. The molecule has 1 saturated heterocycles. The van der Waals surface area contributed by atoms with Crippen molar-refractivity contribution in [3.05, 3.63) is 83.2 Å². The summed E-state index contributed by atoms with van der Waals surface area (Å²) in [5, 5.41) is 8.31. The molecule has 0 aliphatic carbocycles. The first-order valence-corrected chi connectivity index (χ1v) is 14.0. The van der Waals surface area contributed by atoms with E-state index in [4.69, 9.17) is 24.0 Å². The molecule has 4 aromatic rings. The molecule has 1 fully saturated rings. The molecule has 0 saturated carbocycles. The van der Waals surface area contributed by atoms with Gasteiger partial charge in [0.25, 0.3) is 0 Å². The molecule has 0 bridgehead atoms. The van der Waals surface area contributed by atoms with Crippen molar-refractivity contribution in [1.29, 1.82) is 0 Å². The quantitative estimate of drug-likeness (QED) is 0.174. The van der Waals surface area contributed by atoms with Crippen LogP contribution in [0.25, 0.3) is 22.2 Å². The van der Waals surface area contributed by atoms with E-state index in [2.05, 4.69) is 5.32 Å². The lowest BCUT2D eigenvalue weighted by atomic mass is 10.0. The number of methoxy groups -OCH3 is 1. The number of nitrogens with zero attached hydrogens (tertiary/aromatic N) is 2. The molecule has 9 nitrogen and oxygen atoms in total. The number of esters is 1. The van der Waals surface area contributed by atoms with Crippen molar-refractivity contribution in [2.45, 2.75) is 45.4 Å². The van der Waals surface area contributed by atoms with E-state index in [9.17, 15) is 14.0 Å². The van der Waals surface area contributed by atoms with Crippen LogP contribution < -0.4 is 10.1 Å². The number of carbonyl (C=O) groups is 2. The third-order valence-electron chi connectivity index (χ3n) is 7.20. The number of fused-ring (bicyclic) bond motifs is 1. The fraction of sp³-hybridized carbons (Fsp3) is 0.344. The number of nitrogens with one attached hydrogen (secondary N) is 1. The lowest BCUT2D eigenvalue weighted by Gasteiger charge is -2.23. The maximum absolute atomic E-state index is 15.0. The lowest BCUT2D eigenvalue weighted by molar-refractivity contribution is -0.0365. The van der Waals surface area contributed by atoms with Crippen molar-refractivity contribution in [3.63, 3.8) is 0 Å². The minimum Gasteiger partial charge on any atom is -0.494 e. The zero-order chi connectivity index (χ0) is 29.5.